The molecule has 0 aliphatic heterocycles. The minimum Gasteiger partial charge on any atom is -0.396 e. The molecule has 0 saturated heterocycles. The molecule has 1 aliphatic carbocycles. The van der Waals surface area contributed by atoms with E-state index in [1.54, 1.807) is 12.1 Å². The fourth-order valence-electron chi connectivity index (χ4n) is 2.75. The van der Waals surface area contributed by atoms with Gasteiger partial charge in [0.05, 0.1) is 5.56 Å². The maximum atomic E-state index is 13.6. The Labute approximate surface area is 112 Å². The number of carbonyl (C=O) groups is 1. The molecule has 1 aromatic rings. The molecular weight excluding hydrogens is 245 g/mol. The lowest BCUT2D eigenvalue weighted by atomic mass is 9.97. The molecule has 1 amide bonds. The van der Waals surface area contributed by atoms with Crippen LogP contribution in [-0.4, -0.2) is 24.2 Å². The average molecular weight is 265 g/mol. The van der Waals surface area contributed by atoms with E-state index in [1.165, 1.54) is 6.07 Å². The van der Waals surface area contributed by atoms with Gasteiger partial charge in [-0.25, -0.2) is 4.39 Å². The zero-order valence-corrected chi connectivity index (χ0v) is 11.2. The predicted molar refractivity (Wildman–Crippen MR) is 71.4 cm³/mol. The van der Waals surface area contributed by atoms with E-state index in [0.717, 1.165) is 24.8 Å². The van der Waals surface area contributed by atoms with Crippen molar-refractivity contribution in [2.45, 2.75) is 26.2 Å². The molecule has 2 rings (SSSR count). The van der Waals surface area contributed by atoms with E-state index in [0.29, 0.717) is 12.5 Å². The van der Waals surface area contributed by atoms with Crippen LogP contribution in [0.5, 0.6) is 0 Å². The van der Waals surface area contributed by atoms with Crippen LogP contribution in [0.3, 0.4) is 0 Å². The Morgan fingerprint density at radius 3 is 2.89 bits per heavy atom. The van der Waals surface area contributed by atoms with Crippen LogP contribution in [0.25, 0.3) is 0 Å². The highest BCUT2D eigenvalue weighted by Crippen LogP contribution is 2.30. The van der Waals surface area contributed by atoms with Crippen molar-refractivity contribution in [3.05, 3.63) is 35.1 Å². The van der Waals surface area contributed by atoms with Gasteiger partial charge in [-0.1, -0.05) is 18.1 Å². The van der Waals surface area contributed by atoms with Crippen molar-refractivity contribution in [3.63, 3.8) is 0 Å². The molecule has 2 atom stereocenters. The number of aryl methyl sites for hydroxylation is 1. The molecule has 1 aromatic carbocycles. The van der Waals surface area contributed by atoms with Gasteiger partial charge in [0.15, 0.2) is 0 Å². The number of amides is 1. The maximum Gasteiger partial charge on any atom is 0.254 e. The topological polar surface area (TPSA) is 49.3 Å². The van der Waals surface area contributed by atoms with Crippen LogP contribution >= 0.6 is 0 Å². The van der Waals surface area contributed by atoms with Crippen LogP contribution in [0.2, 0.25) is 0 Å². The number of aliphatic hydroxyl groups excluding tert-OH is 1. The second-order valence-corrected chi connectivity index (χ2v) is 5.33. The summed E-state index contributed by atoms with van der Waals surface area (Å²) in [5, 5.41) is 12.0. The van der Waals surface area contributed by atoms with E-state index in [-0.39, 0.29) is 24.0 Å². The Morgan fingerprint density at radius 1 is 1.42 bits per heavy atom. The molecule has 0 bridgehead atoms. The van der Waals surface area contributed by atoms with Crippen molar-refractivity contribution in [1.29, 1.82) is 0 Å². The van der Waals surface area contributed by atoms with Crippen molar-refractivity contribution in [2.75, 3.05) is 13.2 Å². The predicted octanol–water partition coefficient (Wildman–Crippen LogP) is 2.27. The largest absolute Gasteiger partial charge is 0.396 e. The van der Waals surface area contributed by atoms with E-state index in [2.05, 4.69) is 5.32 Å². The maximum absolute atomic E-state index is 13.6. The summed E-state index contributed by atoms with van der Waals surface area (Å²) in [5.41, 5.74) is 0.958. The Hall–Kier alpha value is -1.42. The SMILES string of the molecule is Cc1ccc(F)c(C(=O)NCC2CCCC2CO)c1. The zero-order chi connectivity index (χ0) is 13.8. The molecule has 1 aliphatic rings. The summed E-state index contributed by atoms with van der Waals surface area (Å²) in [6.07, 6.45) is 3.11. The lowest BCUT2D eigenvalue weighted by Gasteiger charge is -2.18. The third-order valence-corrected chi connectivity index (χ3v) is 3.94. The second-order valence-electron chi connectivity index (χ2n) is 5.33. The molecular formula is C15H20FNO2. The summed E-state index contributed by atoms with van der Waals surface area (Å²) in [5.74, 6) is -0.289. The van der Waals surface area contributed by atoms with Gasteiger partial charge in [0.2, 0.25) is 0 Å². The van der Waals surface area contributed by atoms with Gasteiger partial charge < -0.3 is 10.4 Å². The number of carbonyl (C=O) groups excluding carboxylic acids is 1. The van der Waals surface area contributed by atoms with Gasteiger partial charge in [0.25, 0.3) is 5.91 Å². The highest BCUT2D eigenvalue weighted by Gasteiger charge is 2.27. The Kier molecular flexibility index (Phi) is 4.53. The van der Waals surface area contributed by atoms with Gasteiger partial charge >= 0.3 is 0 Å². The average Bonchev–Trinajstić information content (AvgIpc) is 2.86. The van der Waals surface area contributed by atoms with Crippen molar-refractivity contribution in [1.82, 2.24) is 5.32 Å². The van der Waals surface area contributed by atoms with Crippen LogP contribution in [0.4, 0.5) is 4.39 Å². The van der Waals surface area contributed by atoms with E-state index < -0.39 is 5.82 Å². The molecule has 104 valence electrons. The molecule has 1 saturated carbocycles. The molecule has 2 N–H and O–H groups in total. The summed E-state index contributed by atoms with van der Waals surface area (Å²) >= 11 is 0. The van der Waals surface area contributed by atoms with E-state index >= 15 is 0 Å². The third kappa shape index (κ3) is 3.32. The van der Waals surface area contributed by atoms with E-state index in [9.17, 15) is 14.3 Å². The number of aliphatic hydroxyl groups is 1. The van der Waals surface area contributed by atoms with Crippen LogP contribution in [0.15, 0.2) is 18.2 Å². The molecule has 4 heteroatoms. The molecule has 1 fully saturated rings. The number of halogens is 1. The molecule has 0 radical (unpaired) electrons. The van der Waals surface area contributed by atoms with Crippen LogP contribution in [-0.2, 0) is 0 Å². The Morgan fingerprint density at radius 2 is 2.16 bits per heavy atom. The summed E-state index contributed by atoms with van der Waals surface area (Å²) in [7, 11) is 0. The molecule has 0 spiro atoms. The van der Waals surface area contributed by atoms with Crippen LogP contribution < -0.4 is 5.32 Å². The van der Waals surface area contributed by atoms with Gasteiger partial charge in [-0.3, -0.25) is 4.79 Å². The lowest BCUT2D eigenvalue weighted by molar-refractivity contribution is 0.0933. The summed E-state index contributed by atoms with van der Waals surface area (Å²) in [6, 6.07) is 4.52. The van der Waals surface area contributed by atoms with Gasteiger partial charge in [-0.2, -0.15) is 0 Å². The summed E-state index contributed by atoms with van der Waals surface area (Å²) in [6.45, 7) is 2.51. The normalized spacial score (nSPS) is 22.5. The number of hydrogen-bond acceptors (Lipinski definition) is 2. The minimum absolute atomic E-state index is 0.0959. The highest BCUT2D eigenvalue weighted by molar-refractivity contribution is 5.94. The van der Waals surface area contributed by atoms with Gasteiger partial charge in [0, 0.05) is 13.2 Å². The summed E-state index contributed by atoms with van der Waals surface area (Å²) < 4.78 is 13.6. The zero-order valence-electron chi connectivity index (χ0n) is 11.2. The first-order chi connectivity index (χ1) is 9.11. The number of benzene rings is 1. The number of nitrogens with one attached hydrogen (secondary N) is 1. The molecule has 3 nitrogen and oxygen atoms in total. The van der Waals surface area contributed by atoms with Gasteiger partial charge in [0.1, 0.15) is 5.82 Å². The number of rotatable bonds is 4. The van der Waals surface area contributed by atoms with E-state index in [4.69, 9.17) is 0 Å². The van der Waals surface area contributed by atoms with Crippen molar-refractivity contribution >= 4 is 5.91 Å². The molecule has 2 unspecified atom stereocenters. The number of hydrogen-bond donors (Lipinski definition) is 2. The first kappa shape index (κ1) is 14.0. The fraction of sp³-hybridized carbons (Fsp3) is 0.533. The minimum atomic E-state index is -0.492. The Bertz CT molecular complexity index is 461. The standard InChI is InChI=1S/C15H20FNO2/c1-10-5-6-14(16)13(7-10)15(19)17-8-11-3-2-4-12(11)9-18/h5-7,11-12,18H,2-4,8-9H2,1H3,(H,17,19). The fourth-order valence-corrected chi connectivity index (χ4v) is 2.75. The monoisotopic (exact) mass is 265 g/mol. The van der Waals surface area contributed by atoms with Crippen molar-refractivity contribution in [3.8, 4) is 0 Å². The van der Waals surface area contributed by atoms with Crippen LogP contribution in [0, 0.1) is 24.6 Å². The van der Waals surface area contributed by atoms with Crippen LogP contribution in [0.1, 0.15) is 35.2 Å². The van der Waals surface area contributed by atoms with Crippen molar-refractivity contribution in [2.24, 2.45) is 11.8 Å². The smallest absolute Gasteiger partial charge is 0.254 e. The van der Waals surface area contributed by atoms with Gasteiger partial charge in [-0.05, 0) is 43.7 Å². The van der Waals surface area contributed by atoms with E-state index in [1.807, 2.05) is 6.92 Å². The molecule has 19 heavy (non-hydrogen) atoms. The first-order valence-corrected chi connectivity index (χ1v) is 6.77. The first-order valence-electron chi connectivity index (χ1n) is 6.77. The molecule has 0 aromatic heterocycles. The Balaban J connectivity index is 1.96. The lowest BCUT2D eigenvalue weighted by Crippen LogP contribution is -2.32. The second kappa shape index (κ2) is 6.15. The third-order valence-electron chi connectivity index (χ3n) is 3.94. The quantitative estimate of drug-likeness (QED) is 0.877. The van der Waals surface area contributed by atoms with Gasteiger partial charge in [-0.15, -0.1) is 0 Å². The van der Waals surface area contributed by atoms with Crippen molar-refractivity contribution < 1.29 is 14.3 Å². The molecule has 0 heterocycles. The highest BCUT2D eigenvalue weighted by atomic mass is 19.1. The summed E-state index contributed by atoms with van der Waals surface area (Å²) in [4.78, 5) is 12.0.